The van der Waals surface area contributed by atoms with Gasteiger partial charge in [0, 0.05) is 11.0 Å². The van der Waals surface area contributed by atoms with Crippen LogP contribution in [-0.4, -0.2) is 28.1 Å². The summed E-state index contributed by atoms with van der Waals surface area (Å²) in [6.45, 7) is 14.4. The number of rotatable bonds is 4. The Hall–Kier alpha value is -2.33. The topological polar surface area (TPSA) is 71.4 Å². The van der Waals surface area contributed by atoms with E-state index in [1.807, 2.05) is 44.2 Å². The number of hydrogen-bond acceptors (Lipinski definition) is 4. The first-order chi connectivity index (χ1) is 17.2. The highest BCUT2D eigenvalue weighted by Crippen LogP contribution is 2.87. The molecule has 1 spiro atoms. The molecular weight excluding hydrogens is 460 g/mol. The summed E-state index contributed by atoms with van der Waals surface area (Å²) in [6, 6.07) is 7.61. The quantitative estimate of drug-likeness (QED) is 0.397. The van der Waals surface area contributed by atoms with Crippen LogP contribution in [-0.2, 0) is 15.0 Å². The molecule has 1 aromatic carbocycles. The number of allylic oxidation sites excluding steroid dienone is 4. The zero-order valence-corrected chi connectivity index (χ0v) is 23.3. The number of ketones is 3. The number of carbonyl (C=O) groups excluding carboxylic acids is 3. The molecule has 0 radical (unpaired) electrons. The summed E-state index contributed by atoms with van der Waals surface area (Å²) in [6.07, 6.45) is 6.54. The van der Waals surface area contributed by atoms with Crippen LogP contribution in [0.5, 0.6) is 0 Å². The predicted octanol–water partition coefficient (Wildman–Crippen LogP) is 6.17. The summed E-state index contributed by atoms with van der Waals surface area (Å²) in [5.74, 6) is -1.01. The van der Waals surface area contributed by atoms with E-state index in [1.54, 1.807) is 0 Å². The second-order valence-electron chi connectivity index (χ2n) is 14.2. The Balaban J connectivity index is 1.71. The highest BCUT2D eigenvalue weighted by atomic mass is 16.3. The number of benzene rings is 1. The molecule has 6 aliphatic rings. The molecule has 0 aliphatic heterocycles. The van der Waals surface area contributed by atoms with Crippen LogP contribution in [0.1, 0.15) is 96.5 Å². The fourth-order valence-corrected chi connectivity index (χ4v) is 10.3. The van der Waals surface area contributed by atoms with E-state index in [2.05, 4.69) is 40.7 Å². The number of Topliss-reactive ketones (excluding diaryl/α,β-unsaturated/α-hetero) is 3. The van der Waals surface area contributed by atoms with Crippen LogP contribution < -0.4 is 0 Å². The first kappa shape index (κ1) is 25.0. The fourth-order valence-electron chi connectivity index (χ4n) is 10.3. The Morgan fingerprint density at radius 1 is 0.946 bits per heavy atom. The molecule has 4 nitrogen and oxygen atoms in total. The summed E-state index contributed by atoms with van der Waals surface area (Å²) in [7, 11) is 0. The molecule has 5 saturated carbocycles. The Kier molecular flexibility index (Phi) is 4.72. The number of aliphatic hydroxyl groups is 1. The molecule has 0 saturated heterocycles. The van der Waals surface area contributed by atoms with E-state index in [4.69, 9.17) is 0 Å². The van der Waals surface area contributed by atoms with Gasteiger partial charge in [-0.3, -0.25) is 14.4 Å². The van der Waals surface area contributed by atoms with Crippen LogP contribution in [0.15, 0.2) is 47.6 Å². The van der Waals surface area contributed by atoms with Crippen molar-refractivity contribution >= 4 is 17.3 Å². The molecule has 5 bridgehead atoms. The molecule has 0 amide bonds. The molecule has 196 valence electrons. The molecule has 1 N–H and O–H groups in total. The molecule has 0 unspecified atom stereocenters. The average molecular weight is 501 g/mol. The second-order valence-corrected chi connectivity index (χ2v) is 14.2. The number of fused-ring (bicyclic) bond motifs is 1. The van der Waals surface area contributed by atoms with Crippen LogP contribution in [0.25, 0.3) is 0 Å². The lowest BCUT2D eigenvalue weighted by Crippen LogP contribution is -2.82. The zero-order valence-electron chi connectivity index (χ0n) is 23.3. The Bertz CT molecular complexity index is 1340. The SMILES string of the molecule is CC(C)=CC[C@H]1C[C@@]23C[C@H]4C(C)(C)c5ccccc5C(=O)[C@]45C(=O)[C@@](CC=C(C)C)(C[C@]1(C)[C@]25O)C3=O. The molecule has 6 aliphatic carbocycles. The molecule has 5 fully saturated rings. The zero-order chi connectivity index (χ0) is 27.0. The second kappa shape index (κ2) is 7.00. The van der Waals surface area contributed by atoms with Gasteiger partial charge < -0.3 is 5.11 Å². The lowest BCUT2D eigenvalue weighted by atomic mass is 9.33. The molecule has 7 atom stereocenters. The predicted molar refractivity (Wildman–Crippen MR) is 143 cm³/mol. The summed E-state index contributed by atoms with van der Waals surface area (Å²) in [4.78, 5) is 44.7. The highest BCUT2D eigenvalue weighted by molar-refractivity contribution is 6.29. The van der Waals surface area contributed by atoms with Crippen molar-refractivity contribution in [3.05, 3.63) is 58.7 Å². The van der Waals surface area contributed by atoms with Gasteiger partial charge in [-0.1, -0.05) is 68.3 Å². The van der Waals surface area contributed by atoms with Gasteiger partial charge in [-0.15, -0.1) is 0 Å². The first-order valence-electron chi connectivity index (χ1n) is 13.9. The van der Waals surface area contributed by atoms with Gasteiger partial charge in [0.25, 0.3) is 0 Å². The van der Waals surface area contributed by atoms with Gasteiger partial charge in [0.15, 0.2) is 17.3 Å². The van der Waals surface area contributed by atoms with Crippen LogP contribution in [0.2, 0.25) is 0 Å². The van der Waals surface area contributed by atoms with Crippen molar-refractivity contribution in [2.45, 2.75) is 91.6 Å². The highest BCUT2D eigenvalue weighted by Gasteiger charge is 2.97. The molecule has 0 aromatic heterocycles. The van der Waals surface area contributed by atoms with Gasteiger partial charge in [0.2, 0.25) is 0 Å². The van der Waals surface area contributed by atoms with Gasteiger partial charge >= 0.3 is 0 Å². The smallest absolute Gasteiger partial charge is 0.180 e. The van der Waals surface area contributed by atoms with E-state index >= 15 is 4.79 Å². The van der Waals surface area contributed by atoms with Crippen LogP contribution in [0, 0.1) is 33.5 Å². The Morgan fingerprint density at radius 2 is 1.59 bits per heavy atom. The maximum Gasteiger partial charge on any atom is 0.180 e. The average Bonchev–Trinajstić information content (AvgIpc) is 3.15. The van der Waals surface area contributed by atoms with Crippen LogP contribution in [0.3, 0.4) is 0 Å². The van der Waals surface area contributed by atoms with E-state index < -0.39 is 38.6 Å². The van der Waals surface area contributed by atoms with Gasteiger partial charge in [0.05, 0.1) is 10.8 Å². The lowest BCUT2D eigenvalue weighted by Gasteiger charge is -2.68. The van der Waals surface area contributed by atoms with Crippen molar-refractivity contribution in [1.29, 1.82) is 0 Å². The lowest BCUT2D eigenvalue weighted by molar-refractivity contribution is -0.240. The van der Waals surface area contributed by atoms with Gasteiger partial charge in [-0.2, -0.15) is 0 Å². The number of carbonyl (C=O) groups is 3. The van der Waals surface area contributed by atoms with Crippen molar-refractivity contribution < 1.29 is 19.5 Å². The van der Waals surface area contributed by atoms with Crippen molar-refractivity contribution in [3.63, 3.8) is 0 Å². The minimum absolute atomic E-state index is 0.0314. The Morgan fingerprint density at radius 3 is 2.24 bits per heavy atom. The monoisotopic (exact) mass is 500 g/mol. The summed E-state index contributed by atoms with van der Waals surface area (Å²) in [5.41, 5.74) is -3.14. The van der Waals surface area contributed by atoms with Crippen LogP contribution in [0.4, 0.5) is 0 Å². The van der Waals surface area contributed by atoms with Gasteiger partial charge in [-0.05, 0) is 82.6 Å². The van der Waals surface area contributed by atoms with E-state index in [0.717, 1.165) is 17.6 Å². The molecular formula is C33H40O4. The minimum atomic E-state index is -1.68. The maximum atomic E-state index is 15.0. The normalized spacial score (nSPS) is 43.9. The number of hydrogen-bond donors (Lipinski definition) is 1. The fraction of sp³-hybridized carbons (Fsp3) is 0.606. The van der Waals surface area contributed by atoms with E-state index in [1.165, 1.54) is 5.57 Å². The molecule has 1 aromatic rings. The van der Waals surface area contributed by atoms with Crippen LogP contribution >= 0.6 is 0 Å². The van der Waals surface area contributed by atoms with Crippen molar-refractivity contribution in [2.24, 2.45) is 33.5 Å². The summed E-state index contributed by atoms with van der Waals surface area (Å²) in [5, 5.41) is 13.3. The van der Waals surface area contributed by atoms with Gasteiger partial charge in [-0.25, -0.2) is 0 Å². The molecule has 0 heterocycles. The minimum Gasteiger partial charge on any atom is -0.387 e. The van der Waals surface area contributed by atoms with Gasteiger partial charge in [0.1, 0.15) is 11.0 Å². The first-order valence-corrected chi connectivity index (χ1v) is 13.9. The summed E-state index contributed by atoms with van der Waals surface area (Å²) < 4.78 is 0. The van der Waals surface area contributed by atoms with Crippen molar-refractivity contribution in [1.82, 2.24) is 0 Å². The Labute approximate surface area is 220 Å². The summed E-state index contributed by atoms with van der Waals surface area (Å²) >= 11 is 0. The molecule has 7 rings (SSSR count). The third-order valence-corrected chi connectivity index (χ3v) is 11.8. The van der Waals surface area contributed by atoms with Crippen molar-refractivity contribution in [3.8, 4) is 0 Å². The maximum absolute atomic E-state index is 15.0. The largest absolute Gasteiger partial charge is 0.387 e. The van der Waals surface area contributed by atoms with E-state index in [0.29, 0.717) is 31.2 Å². The van der Waals surface area contributed by atoms with E-state index in [9.17, 15) is 14.7 Å². The van der Waals surface area contributed by atoms with E-state index in [-0.39, 0.29) is 23.3 Å². The van der Waals surface area contributed by atoms with Crippen molar-refractivity contribution in [2.75, 3.05) is 0 Å². The third-order valence-electron chi connectivity index (χ3n) is 11.8. The molecule has 4 heteroatoms. The third kappa shape index (κ3) is 2.32. The standard InChI is InChI=1S/C33H40O4/c1-19(2)12-13-21-16-31-17-24-28(5,6)23-11-9-8-10-22(23)25(34)32(24)27(36)30(26(31)35,15-14-20(3)4)18-29(21,7)33(31,32)37/h8-12,14,21,24,37H,13,15-18H2,1-7H3/t21-,24-,29-,30-,31-,32-,33-/m0/s1. The molecule has 37 heavy (non-hydrogen) atoms.